The summed E-state index contributed by atoms with van der Waals surface area (Å²) in [4.78, 5) is 29.4. The second kappa shape index (κ2) is 8.38. The van der Waals surface area contributed by atoms with Gasteiger partial charge in [-0.1, -0.05) is 11.6 Å². The average molecular weight is 440 g/mol. The quantitative estimate of drug-likeness (QED) is 0.658. The van der Waals surface area contributed by atoms with Crippen LogP contribution in [0.25, 0.3) is 10.9 Å². The van der Waals surface area contributed by atoms with Crippen LogP contribution in [0.15, 0.2) is 30.6 Å². The smallest absolute Gasteiger partial charge is 0.274 e. The minimum absolute atomic E-state index is 0.105. The van der Waals surface area contributed by atoms with E-state index in [4.69, 9.17) is 16.3 Å². The van der Waals surface area contributed by atoms with Crippen LogP contribution in [0.4, 0.5) is 5.95 Å². The van der Waals surface area contributed by atoms with Gasteiger partial charge < -0.3 is 19.5 Å². The molecule has 2 aliphatic rings. The molecule has 31 heavy (non-hydrogen) atoms. The van der Waals surface area contributed by atoms with E-state index in [0.717, 1.165) is 50.0 Å². The van der Waals surface area contributed by atoms with E-state index in [1.165, 1.54) is 10.9 Å². The molecular formula is C23H26ClN5O2. The Hall–Kier alpha value is -2.80. The lowest BCUT2D eigenvalue weighted by molar-refractivity contribution is 0.0707. The van der Waals surface area contributed by atoms with Crippen molar-refractivity contribution in [3.8, 4) is 5.75 Å². The predicted octanol–water partition coefficient (Wildman–Crippen LogP) is 4.24. The van der Waals surface area contributed by atoms with Crippen molar-refractivity contribution < 1.29 is 9.53 Å². The van der Waals surface area contributed by atoms with Crippen LogP contribution in [0.5, 0.6) is 5.75 Å². The average Bonchev–Trinajstić information content (AvgIpc) is 3.49. The van der Waals surface area contributed by atoms with Gasteiger partial charge in [0.1, 0.15) is 5.75 Å². The number of ether oxygens (including phenoxy) is 1. The second-order valence-electron chi connectivity index (χ2n) is 8.28. The normalized spacial score (nSPS) is 17.5. The second-order valence-corrected chi connectivity index (χ2v) is 8.69. The Bertz CT molecular complexity index is 1100. The summed E-state index contributed by atoms with van der Waals surface area (Å²) in [5.41, 5.74) is 2.71. The van der Waals surface area contributed by atoms with Gasteiger partial charge >= 0.3 is 0 Å². The van der Waals surface area contributed by atoms with Crippen molar-refractivity contribution >= 4 is 34.4 Å². The maximum atomic E-state index is 13.2. The molecule has 1 amide bonds. The molecule has 0 aliphatic carbocycles. The molecule has 3 aromatic rings. The fourth-order valence-corrected chi connectivity index (χ4v) is 4.88. The molecule has 0 unspecified atom stereocenters. The molecule has 4 heterocycles. The number of amides is 1. The molecule has 0 saturated carbocycles. The number of benzene rings is 1. The zero-order valence-electron chi connectivity index (χ0n) is 17.6. The Morgan fingerprint density at radius 2 is 1.97 bits per heavy atom. The molecule has 2 aromatic heterocycles. The Labute approximate surface area is 186 Å². The number of anilines is 1. The minimum atomic E-state index is -0.105. The number of piperidine rings is 1. The highest BCUT2D eigenvalue weighted by molar-refractivity contribution is 6.33. The van der Waals surface area contributed by atoms with Crippen LogP contribution in [0.2, 0.25) is 5.02 Å². The van der Waals surface area contributed by atoms with Crippen LogP contribution >= 0.6 is 11.6 Å². The first kappa shape index (κ1) is 20.1. The van der Waals surface area contributed by atoms with Gasteiger partial charge in [0.05, 0.1) is 18.3 Å². The van der Waals surface area contributed by atoms with Crippen molar-refractivity contribution in [2.75, 3.05) is 38.2 Å². The van der Waals surface area contributed by atoms with E-state index >= 15 is 0 Å². The molecule has 0 bridgehead atoms. The molecule has 2 saturated heterocycles. The molecule has 2 aliphatic heterocycles. The number of nitrogens with one attached hydrogen (secondary N) is 1. The van der Waals surface area contributed by atoms with Gasteiger partial charge in [-0.2, -0.15) is 0 Å². The first-order valence-corrected chi connectivity index (χ1v) is 11.2. The van der Waals surface area contributed by atoms with Crippen molar-refractivity contribution in [1.29, 1.82) is 0 Å². The molecule has 2 fully saturated rings. The highest BCUT2D eigenvalue weighted by Crippen LogP contribution is 2.35. The fraction of sp³-hybridized carbons (Fsp3) is 0.435. The number of hydrogen-bond donors (Lipinski definition) is 1. The summed E-state index contributed by atoms with van der Waals surface area (Å²) in [7, 11) is 1.69. The standard InChI is InChI=1S/C23H26ClN5O2/c1-31-16-4-5-20-17(12-16)18(13-25-20)15-6-10-28(11-7-15)22(30)21-19(24)14-26-23(27-21)29-8-2-3-9-29/h4-5,12-15,25H,2-3,6-11H2,1H3. The van der Waals surface area contributed by atoms with Gasteiger partial charge in [-0.25, -0.2) is 9.97 Å². The number of rotatable bonds is 4. The van der Waals surface area contributed by atoms with Gasteiger partial charge in [0.2, 0.25) is 5.95 Å². The lowest BCUT2D eigenvalue weighted by atomic mass is 9.89. The van der Waals surface area contributed by atoms with Gasteiger partial charge in [0, 0.05) is 43.3 Å². The summed E-state index contributed by atoms with van der Waals surface area (Å²) in [6.45, 7) is 3.21. The highest BCUT2D eigenvalue weighted by Gasteiger charge is 2.29. The molecule has 162 valence electrons. The number of hydrogen-bond acceptors (Lipinski definition) is 5. The number of H-pyrrole nitrogens is 1. The molecule has 1 N–H and O–H groups in total. The van der Waals surface area contributed by atoms with E-state index in [0.29, 0.717) is 35.7 Å². The van der Waals surface area contributed by atoms with Crippen LogP contribution in [-0.4, -0.2) is 59.0 Å². The van der Waals surface area contributed by atoms with Crippen LogP contribution in [-0.2, 0) is 0 Å². The fourth-order valence-electron chi connectivity index (χ4n) is 4.71. The molecule has 5 rings (SSSR count). The highest BCUT2D eigenvalue weighted by atomic mass is 35.5. The van der Waals surface area contributed by atoms with Crippen molar-refractivity contribution in [3.63, 3.8) is 0 Å². The lowest BCUT2D eigenvalue weighted by Crippen LogP contribution is -2.38. The number of methoxy groups -OCH3 is 1. The topological polar surface area (TPSA) is 74.3 Å². The SMILES string of the molecule is COc1ccc2[nH]cc(C3CCN(C(=O)c4nc(N5CCCC5)ncc4Cl)CC3)c2c1. The van der Waals surface area contributed by atoms with Gasteiger partial charge in [-0.3, -0.25) is 4.79 Å². The molecule has 0 atom stereocenters. The third-order valence-corrected chi connectivity index (χ3v) is 6.74. The summed E-state index contributed by atoms with van der Waals surface area (Å²) in [5, 5.41) is 1.51. The number of halogens is 1. The largest absolute Gasteiger partial charge is 0.497 e. The summed E-state index contributed by atoms with van der Waals surface area (Å²) < 4.78 is 5.39. The van der Waals surface area contributed by atoms with Crippen LogP contribution < -0.4 is 9.64 Å². The Morgan fingerprint density at radius 3 is 2.71 bits per heavy atom. The maximum absolute atomic E-state index is 13.2. The van der Waals surface area contributed by atoms with Crippen molar-refractivity contribution in [2.24, 2.45) is 0 Å². The third-order valence-electron chi connectivity index (χ3n) is 6.47. The molecule has 7 nitrogen and oxygen atoms in total. The van der Waals surface area contributed by atoms with E-state index in [-0.39, 0.29) is 5.91 Å². The van der Waals surface area contributed by atoms with Gasteiger partial charge in [-0.05, 0) is 55.4 Å². The Morgan fingerprint density at radius 1 is 1.19 bits per heavy atom. The monoisotopic (exact) mass is 439 g/mol. The number of carbonyl (C=O) groups excluding carboxylic acids is 1. The third kappa shape index (κ3) is 3.82. The Kier molecular flexibility index (Phi) is 5.44. The molecule has 8 heteroatoms. The number of nitrogens with zero attached hydrogens (tertiary/aromatic N) is 4. The number of likely N-dealkylation sites (tertiary alicyclic amines) is 1. The van der Waals surface area contributed by atoms with E-state index in [1.807, 2.05) is 17.0 Å². The summed E-state index contributed by atoms with van der Waals surface area (Å²) in [5.74, 6) is 1.75. The first-order chi connectivity index (χ1) is 15.1. The van der Waals surface area contributed by atoms with Crippen molar-refractivity contribution in [3.05, 3.63) is 46.9 Å². The number of fused-ring (bicyclic) bond motifs is 1. The summed E-state index contributed by atoms with van der Waals surface area (Å²) in [6.07, 6.45) is 7.71. The number of carbonyl (C=O) groups is 1. The van der Waals surface area contributed by atoms with E-state index in [1.54, 1.807) is 13.3 Å². The van der Waals surface area contributed by atoms with Gasteiger partial charge in [0.25, 0.3) is 5.91 Å². The number of aromatic amines is 1. The molecule has 1 aromatic carbocycles. The van der Waals surface area contributed by atoms with E-state index < -0.39 is 0 Å². The zero-order valence-corrected chi connectivity index (χ0v) is 18.4. The van der Waals surface area contributed by atoms with E-state index in [9.17, 15) is 4.79 Å². The number of aromatic nitrogens is 3. The van der Waals surface area contributed by atoms with Gasteiger partial charge in [0.15, 0.2) is 5.69 Å². The molecular weight excluding hydrogens is 414 g/mol. The van der Waals surface area contributed by atoms with Crippen molar-refractivity contribution in [1.82, 2.24) is 19.9 Å². The summed E-state index contributed by atoms with van der Waals surface area (Å²) >= 11 is 6.31. The lowest BCUT2D eigenvalue weighted by Gasteiger charge is -2.32. The van der Waals surface area contributed by atoms with Crippen LogP contribution in [0.1, 0.15) is 47.7 Å². The Balaban J connectivity index is 1.31. The van der Waals surface area contributed by atoms with E-state index in [2.05, 4.69) is 32.1 Å². The minimum Gasteiger partial charge on any atom is -0.497 e. The molecule has 0 spiro atoms. The van der Waals surface area contributed by atoms with Crippen molar-refractivity contribution in [2.45, 2.75) is 31.6 Å². The van der Waals surface area contributed by atoms with Gasteiger partial charge in [-0.15, -0.1) is 0 Å². The summed E-state index contributed by atoms with van der Waals surface area (Å²) in [6, 6.07) is 6.09. The first-order valence-electron chi connectivity index (χ1n) is 10.9. The molecule has 0 radical (unpaired) electrons. The van der Waals surface area contributed by atoms with Crippen LogP contribution in [0.3, 0.4) is 0 Å². The van der Waals surface area contributed by atoms with Crippen LogP contribution in [0, 0.1) is 0 Å². The predicted molar refractivity (Wildman–Crippen MR) is 121 cm³/mol. The zero-order chi connectivity index (χ0) is 21.4. The maximum Gasteiger partial charge on any atom is 0.274 e.